The first-order valence-electron chi connectivity index (χ1n) is 6.73. The van der Waals surface area contributed by atoms with E-state index in [1.807, 2.05) is 16.7 Å². The van der Waals surface area contributed by atoms with E-state index in [1.165, 1.54) is 7.11 Å². The Bertz CT molecular complexity index is 667. The van der Waals surface area contributed by atoms with Crippen LogP contribution in [0, 0.1) is 0 Å². The summed E-state index contributed by atoms with van der Waals surface area (Å²) in [7, 11) is 1.36. The van der Waals surface area contributed by atoms with Crippen LogP contribution in [0.3, 0.4) is 0 Å². The van der Waals surface area contributed by atoms with Gasteiger partial charge in [0.05, 0.1) is 19.2 Å². The van der Waals surface area contributed by atoms with Crippen LogP contribution in [0.5, 0.6) is 0 Å². The predicted octanol–water partition coefficient (Wildman–Crippen LogP) is 0.663. The van der Waals surface area contributed by atoms with Gasteiger partial charge in [-0.05, 0) is 11.6 Å². The zero-order chi connectivity index (χ0) is 14.8. The summed E-state index contributed by atoms with van der Waals surface area (Å²) < 4.78 is 6.87. The van der Waals surface area contributed by atoms with E-state index >= 15 is 0 Å². The van der Waals surface area contributed by atoms with Crippen LogP contribution in [-0.2, 0) is 24.4 Å². The summed E-state index contributed by atoms with van der Waals surface area (Å²) in [6, 6.07) is 5.47. The summed E-state index contributed by atoms with van der Waals surface area (Å²) in [5, 5.41) is 8.01. The molecule has 0 saturated carbocycles. The van der Waals surface area contributed by atoms with Gasteiger partial charge in [0.2, 0.25) is 0 Å². The molecule has 3 rings (SSSR count). The Morgan fingerprint density at radius 3 is 3.10 bits per heavy atom. The maximum Gasteiger partial charge on any atom is 0.340 e. The van der Waals surface area contributed by atoms with E-state index in [9.17, 15) is 4.79 Å². The first-order valence-corrected chi connectivity index (χ1v) is 6.73. The van der Waals surface area contributed by atoms with Gasteiger partial charge in [0, 0.05) is 25.3 Å². The molecule has 0 unspecified atom stereocenters. The van der Waals surface area contributed by atoms with Crippen molar-refractivity contribution in [3.63, 3.8) is 0 Å². The SMILES string of the molecule is COC(=O)c1c(N)cccc1CN1CCn2cnnc2C1. The van der Waals surface area contributed by atoms with Crippen molar-refractivity contribution in [3.05, 3.63) is 41.5 Å². The van der Waals surface area contributed by atoms with Crippen LogP contribution in [0.4, 0.5) is 5.69 Å². The van der Waals surface area contributed by atoms with E-state index in [1.54, 1.807) is 12.4 Å². The molecular weight excluding hydrogens is 270 g/mol. The molecule has 0 atom stereocenters. The number of fused-ring (bicyclic) bond motifs is 1. The monoisotopic (exact) mass is 287 g/mol. The normalized spacial score (nSPS) is 14.7. The lowest BCUT2D eigenvalue weighted by Gasteiger charge is -2.27. The highest BCUT2D eigenvalue weighted by atomic mass is 16.5. The number of anilines is 1. The second-order valence-corrected chi connectivity index (χ2v) is 5.02. The first-order chi connectivity index (χ1) is 10.2. The highest BCUT2D eigenvalue weighted by Crippen LogP contribution is 2.21. The molecule has 110 valence electrons. The number of nitrogen functional groups attached to an aromatic ring is 1. The third-order valence-electron chi connectivity index (χ3n) is 3.68. The number of rotatable bonds is 3. The number of hydrogen-bond acceptors (Lipinski definition) is 6. The zero-order valence-electron chi connectivity index (χ0n) is 11.8. The number of esters is 1. The summed E-state index contributed by atoms with van der Waals surface area (Å²) in [4.78, 5) is 14.1. The topological polar surface area (TPSA) is 86.3 Å². The molecule has 1 aliphatic heterocycles. The molecule has 7 heteroatoms. The summed E-state index contributed by atoms with van der Waals surface area (Å²) in [5.41, 5.74) is 7.68. The average molecular weight is 287 g/mol. The molecule has 0 saturated heterocycles. The Labute approximate surface area is 122 Å². The lowest BCUT2D eigenvalue weighted by Crippen LogP contribution is -2.33. The molecule has 0 fully saturated rings. The predicted molar refractivity (Wildman–Crippen MR) is 76.3 cm³/mol. The quantitative estimate of drug-likeness (QED) is 0.659. The van der Waals surface area contributed by atoms with Gasteiger partial charge >= 0.3 is 5.97 Å². The maximum atomic E-state index is 11.9. The Balaban J connectivity index is 1.83. The Kier molecular flexibility index (Phi) is 3.57. The molecule has 1 aromatic carbocycles. The van der Waals surface area contributed by atoms with Crippen molar-refractivity contribution >= 4 is 11.7 Å². The average Bonchev–Trinajstić information content (AvgIpc) is 2.94. The molecule has 7 nitrogen and oxygen atoms in total. The highest BCUT2D eigenvalue weighted by Gasteiger charge is 2.21. The molecule has 1 aromatic heterocycles. The second-order valence-electron chi connectivity index (χ2n) is 5.02. The van der Waals surface area contributed by atoms with Gasteiger partial charge in [-0.1, -0.05) is 12.1 Å². The maximum absolute atomic E-state index is 11.9. The number of carbonyl (C=O) groups is 1. The van der Waals surface area contributed by atoms with Gasteiger partial charge < -0.3 is 15.0 Å². The number of ether oxygens (including phenoxy) is 1. The number of methoxy groups -OCH3 is 1. The number of benzene rings is 1. The van der Waals surface area contributed by atoms with E-state index in [-0.39, 0.29) is 0 Å². The zero-order valence-corrected chi connectivity index (χ0v) is 11.8. The third-order valence-corrected chi connectivity index (χ3v) is 3.68. The number of carbonyl (C=O) groups excluding carboxylic acids is 1. The lowest BCUT2D eigenvalue weighted by atomic mass is 10.0. The van der Waals surface area contributed by atoms with Gasteiger partial charge in [0.15, 0.2) is 0 Å². The fourth-order valence-corrected chi connectivity index (χ4v) is 2.59. The van der Waals surface area contributed by atoms with Crippen LogP contribution in [-0.4, -0.2) is 39.3 Å². The van der Waals surface area contributed by atoms with Crippen molar-refractivity contribution in [1.29, 1.82) is 0 Å². The molecule has 2 heterocycles. The number of hydrogen-bond donors (Lipinski definition) is 1. The largest absolute Gasteiger partial charge is 0.465 e. The van der Waals surface area contributed by atoms with E-state index in [2.05, 4.69) is 15.1 Å². The van der Waals surface area contributed by atoms with Crippen molar-refractivity contribution in [3.8, 4) is 0 Å². The van der Waals surface area contributed by atoms with Crippen molar-refractivity contribution < 1.29 is 9.53 Å². The molecule has 0 aliphatic carbocycles. The van der Waals surface area contributed by atoms with E-state index < -0.39 is 5.97 Å². The molecule has 0 bridgehead atoms. The Morgan fingerprint density at radius 2 is 2.29 bits per heavy atom. The van der Waals surface area contributed by atoms with E-state index in [4.69, 9.17) is 10.5 Å². The molecule has 0 radical (unpaired) electrons. The molecule has 21 heavy (non-hydrogen) atoms. The summed E-state index contributed by atoms with van der Waals surface area (Å²) in [6.07, 6.45) is 1.74. The molecular formula is C14H17N5O2. The fraction of sp³-hybridized carbons (Fsp3) is 0.357. The molecule has 1 aliphatic rings. The van der Waals surface area contributed by atoms with Crippen molar-refractivity contribution in [1.82, 2.24) is 19.7 Å². The second kappa shape index (κ2) is 5.53. The van der Waals surface area contributed by atoms with Crippen LogP contribution in [0.25, 0.3) is 0 Å². The van der Waals surface area contributed by atoms with Crippen LogP contribution in [0.15, 0.2) is 24.5 Å². The Morgan fingerprint density at radius 1 is 1.43 bits per heavy atom. The fourth-order valence-electron chi connectivity index (χ4n) is 2.59. The standard InChI is InChI=1S/C14H17N5O2/c1-21-14(20)13-10(3-2-4-11(13)15)7-18-5-6-19-9-16-17-12(19)8-18/h2-4,9H,5-8,15H2,1H3. The summed E-state index contributed by atoms with van der Waals surface area (Å²) in [6.45, 7) is 3.05. The van der Waals surface area contributed by atoms with Gasteiger partial charge in [-0.15, -0.1) is 10.2 Å². The van der Waals surface area contributed by atoms with Gasteiger partial charge in [-0.2, -0.15) is 0 Å². The van der Waals surface area contributed by atoms with E-state index in [0.717, 1.165) is 24.5 Å². The lowest BCUT2D eigenvalue weighted by molar-refractivity contribution is 0.0599. The van der Waals surface area contributed by atoms with Crippen molar-refractivity contribution in [2.75, 3.05) is 19.4 Å². The van der Waals surface area contributed by atoms with Crippen molar-refractivity contribution in [2.45, 2.75) is 19.6 Å². The number of nitrogens with zero attached hydrogens (tertiary/aromatic N) is 4. The molecule has 0 amide bonds. The molecule has 2 N–H and O–H groups in total. The molecule has 2 aromatic rings. The number of aromatic nitrogens is 3. The van der Waals surface area contributed by atoms with Crippen LogP contribution in [0.2, 0.25) is 0 Å². The van der Waals surface area contributed by atoms with Crippen molar-refractivity contribution in [2.24, 2.45) is 0 Å². The van der Waals surface area contributed by atoms with Gasteiger partial charge in [-0.3, -0.25) is 4.90 Å². The number of nitrogens with two attached hydrogens (primary N) is 1. The highest BCUT2D eigenvalue weighted by molar-refractivity contribution is 5.96. The minimum absolute atomic E-state index is 0.400. The van der Waals surface area contributed by atoms with Crippen LogP contribution >= 0.6 is 0 Å². The first kappa shape index (κ1) is 13.6. The van der Waals surface area contributed by atoms with Crippen LogP contribution < -0.4 is 5.73 Å². The summed E-state index contributed by atoms with van der Waals surface area (Å²) in [5.74, 6) is 0.535. The minimum atomic E-state index is -0.400. The molecule has 0 spiro atoms. The van der Waals surface area contributed by atoms with Crippen LogP contribution in [0.1, 0.15) is 21.7 Å². The minimum Gasteiger partial charge on any atom is -0.465 e. The third kappa shape index (κ3) is 2.59. The van der Waals surface area contributed by atoms with Gasteiger partial charge in [0.1, 0.15) is 12.2 Å². The van der Waals surface area contributed by atoms with Gasteiger partial charge in [0.25, 0.3) is 0 Å². The smallest absolute Gasteiger partial charge is 0.340 e. The van der Waals surface area contributed by atoms with Gasteiger partial charge in [-0.25, -0.2) is 4.79 Å². The Hall–Kier alpha value is -2.41. The van der Waals surface area contributed by atoms with E-state index in [0.29, 0.717) is 24.3 Å². The summed E-state index contributed by atoms with van der Waals surface area (Å²) >= 11 is 0.